The summed E-state index contributed by atoms with van der Waals surface area (Å²) in [6.07, 6.45) is 4.64. The van der Waals surface area contributed by atoms with Crippen molar-refractivity contribution < 1.29 is 18.3 Å². The van der Waals surface area contributed by atoms with Crippen LogP contribution in [-0.2, 0) is 11.2 Å². The second-order valence-corrected chi connectivity index (χ2v) is 10.6. The van der Waals surface area contributed by atoms with Gasteiger partial charge in [0, 0.05) is 30.6 Å². The highest BCUT2D eigenvalue weighted by Gasteiger charge is 2.47. The molecular formula is C24H32F2N6O2. The van der Waals surface area contributed by atoms with Gasteiger partial charge in [-0.2, -0.15) is 0 Å². The SMILES string of the molecule is CC(C)(C)OC(=O)NCCc1nc2cnc3[nH]cc(C4CC5CC(NCC(F)F)C4C5)c3c2[nH]1. The molecule has 2 fully saturated rings. The second-order valence-electron chi connectivity index (χ2n) is 10.6. The quantitative estimate of drug-likeness (QED) is 0.410. The molecule has 3 aromatic rings. The number of carbonyl (C=O) groups is 1. The zero-order chi connectivity index (χ0) is 24.0. The second kappa shape index (κ2) is 8.79. The number of alkyl halides is 2. The Kier molecular flexibility index (Phi) is 5.95. The predicted octanol–water partition coefficient (Wildman–Crippen LogP) is 4.24. The summed E-state index contributed by atoms with van der Waals surface area (Å²) in [5.74, 6) is 1.98. The summed E-state index contributed by atoms with van der Waals surface area (Å²) in [4.78, 5) is 27.9. The van der Waals surface area contributed by atoms with Crippen LogP contribution in [-0.4, -0.2) is 57.2 Å². The molecule has 2 aliphatic carbocycles. The molecule has 0 saturated heterocycles. The standard InChI is InChI=1S/C24H32F2N6O2/c1-24(2,3)34-23(33)27-5-4-19-31-17-10-30-22-20(21(17)32-19)15(9-29-22)13-6-12-7-14(13)16(8-12)28-11-18(25)26/h9-10,12-14,16,18,28H,4-8,11H2,1-3H3,(H,27,33)(H,29,30)(H,31,32). The van der Waals surface area contributed by atoms with Crippen LogP contribution in [0.2, 0.25) is 0 Å². The van der Waals surface area contributed by atoms with E-state index >= 15 is 0 Å². The fourth-order valence-corrected chi connectivity index (χ4v) is 5.83. The number of halogens is 2. The summed E-state index contributed by atoms with van der Waals surface area (Å²) >= 11 is 0. The highest BCUT2D eigenvalue weighted by atomic mass is 19.3. The Morgan fingerprint density at radius 3 is 2.85 bits per heavy atom. The van der Waals surface area contributed by atoms with Crippen LogP contribution in [0.25, 0.3) is 22.1 Å². The summed E-state index contributed by atoms with van der Waals surface area (Å²) in [6, 6.07) is 0.131. The van der Waals surface area contributed by atoms with Gasteiger partial charge in [-0.25, -0.2) is 23.5 Å². The van der Waals surface area contributed by atoms with E-state index in [1.807, 2.05) is 27.0 Å². The molecule has 0 aromatic carbocycles. The average molecular weight is 475 g/mol. The van der Waals surface area contributed by atoms with Gasteiger partial charge < -0.3 is 25.3 Å². The lowest BCUT2D eigenvalue weighted by molar-refractivity contribution is 0.0528. The van der Waals surface area contributed by atoms with E-state index in [0.29, 0.717) is 30.7 Å². The number of ether oxygens (including phenoxy) is 1. The molecule has 3 aromatic heterocycles. The predicted molar refractivity (Wildman–Crippen MR) is 125 cm³/mol. The molecular weight excluding hydrogens is 442 g/mol. The maximum absolute atomic E-state index is 12.8. The van der Waals surface area contributed by atoms with Crippen molar-refractivity contribution in [2.45, 2.75) is 70.4 Å². The number of H-pyrrole nitrogens is 2. The van der Waals surface area contributed by atoms with Gasteiger partial charge in [-0.3, -0.25) is 0 Å². The number of aromatic amines is 2. The number of hydrogen-bond donors (Lipinski definition) is 4. The number of amides is 1. The Labute approximate surface area is 196 Å². The third-order valence-electron chi connectivity index (χ3n) is 7.01. The fourth-order valence-electron chi connectivity index (χ4n) is 5.83. The third-order valence-corrected chi connectivity index (χ3v) is 7.01. The van der Waals surface area contributed by atoms with Crippen LogP contribution in [0.1, 0.15) is 57.3 Å². The largest absolute Gasteiger partial charge is 0.444 e. The van der Waals surface area contributed by atoms with Crippen LogP contribution < -0.4 is 10.6 Å². The first-order valence-corrected chi connectivity index (χ1v) is 12.0. The number of fused-ring (bicyclic) bond motifs is 5. The Balaban J connectivity index is 1.35. The van der Waals surface area contributed by atoms with E-state index in [2.05, 4.69) is 30.6 Å². The topological polar surface area (TPSA) is 108 Å². The van der Waals surface area contributed by atoms with Crippen LogP contribution in [0.5, 0.6) is 0 Å². The van der Waals surface area contributed by atoms with Crippen molar-refractivity contribution in [3.63, 3.8) is 0 Å². The maximum Gasteiger partial charge on any atom is 0.407 e. The molecule has 2 saturated carbocycles. The fraction of sp³-hybridized carbons (Fsp3) is 0.625. The molecule has 0 aliphatic heterocycles. The molecule has 4 unspecified atom stereocenters. The monoisotopic (exact) mass is 474 g/mol. The van der Waals surface area contributed by atoms with Crippen molar-refractivity contribution >= 4 is 28.2 Å². The van der Waals surface area contributed by atoms with Crippen molar-refractivity contribution in [1.29, 1.82) is 0 Å². The van der Waals surface area contributed by atoms with Gasteiger partial charge in [-0.15, -0.1) is 0 Å². The molecule has 0 spiro atoms. The minimum atomic E-state index is -2.33. The first-order valence-electron chi connectivity index (χ1n) is 12.0. The first-order chi connectivity index (χ1) is 16.2. The van der Waals surface area contributed by atoms with Gasteiger partial charge in [0.1, 0.15) is 22.6 Å². The molecule has 184 valence electrons. The number of imidazole rings is 1. The smallest absolute Gasteiger partial charge is 0.407 e. The summed E-state index contributed by atoms with van der Waals surface area (Å²) in [7, 11) is 0. The number of carbonyl (C=O) groups excluding carboxylic acids is 1. The molecule has 10 heteroatoms. The van der Waals surface area contributed by atoms with Crippen LogP contribution in [0.3, 0.4) is 0 Å². The highest BCUT2D eigenvalue weighted by Crippen LogP contribution is 2.54. The van der Waals surface area contributed by atoms with Gasteiger partial charge in [0.25, 0.3) is 6.43 Å². The zero-order valence-corrected chi connectivity index (χ0v) is 19.8. The van der Waals surface area contributed by atoms with E-state index in [-0.39, 0.29) is 12.6 Å². The molecule has 3 heterocycles. The van der Waals surface area contributed by atoms with Crippen LogP contribution >= 0.6 is 0 Å². The molecule has 5 rings (SSSR count). The zero-order valence-electron chi connectivity index (χ0n) is 19.8. The van der Waals surface area contributed by atoms with Gasteiger partial charge in [0.2, 0.25) is 0 Å². The van der Waals surface area contributed by atoms with Crippen molar-refractivity contribution in [3.8, 4) is 0 Å². The Morgan fingerprint density at radius 2 is 2.12 bits per heavy atom. The van der Waals surface area contributed by atoms with Gasteiger partial charge in [-0.1, -0.05) is 0 Å². The average Bonchev–Trinajstić information content (AvgIpc) is 3.51. The van der Waals surface area contributed by atoms with E-state index in [0.717, 1.165) is 47.2 Å². The van der Waals surface area contributed by atoms with Gasteiger partial charge in [0.15, 0.2) is 0 Å². The molecule has 1 amide bonds. The van der Waals surface area contributed by atoms with E-state index in [9.17, 15) is 13.6 Å². The Morgan fingerprint density at radius 1 is 1.29 bits per heavy atom. The van der Waals surface area contributed by atoms with Crippen LogP contribution in [0.4, 0.5) is 13.6 Å². The van der Waals surface area contributed by atoms with Crippen LogP contribution in [0.15, 0.2) is 12.4 Å². The molecule has 8 nitrogen and oxygen atoms in total. The van der Waals surface area contributed by atoms with Gasteiger partial charge in [-0.05, 0) is 63.4 Å². The first kappa shape index (κ1) is 23.0. The van der Waals surface area contributed by atoms with Crippen molar-refractivity contribution in [2.24, 2.45) is 11.8 Å². The lowest BCUT2D eigenvalue weighted by Crippen LogP contribution is -2.39. The number of hydrogen-bond acceptors (Lipinski definition) is 5. The van der Waals surface area contributed by atoms with Crippen molar-refractivity contribution in [2.75, 3.05) is 13.1 Å². The number of nitrogens with zero attached hydrogens (tertiary/aromatic N) is 2. The molecule has 34 heavy (non-hydrogen) atoms. The number of aromatic nitrogens is 4. The summed E-state index contributed by atoms with van der Waals surface area (Å²) in [5, 5.41) is 6.89. The minimum Gasteiger partial charge on any atom is -0.444 e. The van der Waals surface area contributed by atoms with Gasteiger partial charge in [0.05, 0.1) is 18.3 Å². The molecule has 0 radical (unpaired) electrons. The summed E-state index contributed by atoms with van der Waals surface area (Å²) in [6.45, 7) is 5.63. The van der Waals surface area contributed by atoms with Crippen molar-refractivity contribution in [1.82, 2.24) is 30.6 Å². The van der Waals surface area contributed by atoms with Crippen molar-refractivity contribution in [3.05, 3.63) is 23.8 Å². The number of alkyl carbamates (subject to hydrolysis) is 1. The lowest BCUT2D eigenvalue weighted by Gasteiger charge is -2.30. The maximum atomic E-state index is 12.8. The Hall–Kier alpha value is -2.75. The highest BCUT2D eigenvalue weighted by molar-refractivity contribution is 6.03. The van der Waals surface area contributed by atoms with Gasteiger partial charge >= 0.3 is 6.09 Å². The normalized spacial score (nSPS) is 24.5. The van der Waals surface area contributed by atoms with E-state index in [1.54, 1.807) is 6.20 Å². The lowest BCUT2D eigenvalue weighted by atomic mass is 9.80. The summed E-state index contributed by atoms with van der Waals surface area (Å²) in [5.41, 5.74) is 3.14. The number of pyridine rings is 1. The van der Waals surface area contributed by atoms with E-state index in [1.165, 1.54) is 5.56 Å². The van der Waals surface area contributed by atoms with Crippen LogP contribution in [0, 0.1) is 11.8 Å². The molecule has 2 bridgehead atoms. The molecule has 4 N–H and O–H groups in total. The minimum absolute atomic E-state index is 0.131. The summed E-state index contributed by atoms with van der Waals surface area (Å²) < 4.78 is 30.8. The van der Waals surface area contributed by atoms with E-state index < -0.39 is 18.1 Å². The van der Waals surface area contributed by atoms with E-state index in [4.69, 9.17) is 4.74 Å². The third kappa shape index (κ3) is 4.60. The molecule has 2 aliphatic rings. The molecule has 4 atom stereocenters. The Bertz CT molecular complexity index is 1180. The number of nitrogens with one attached hydrogen (secondary N) is 4. The number of rotatable bonds is 7.